The Morgan fingerprint density at radius 3 is 2.55 bits per heavy atom. The Labute approximate surface area is 116 Å². The molecule has 0 aromatic heterocycles. The van der Waals surface area contributed by atoms with E-state index in [1.807, 2.05) is 6.92 Å². The number of hydrogen-bond donors (Lipinski definition) is 1. The maximum atomic E-state index is 12.2. The molecule has 0 aliphatic rings. The van der Waals surface area contributed by atoms with Crippen molar-refractivity contribution in [2.75, 3.05) is 13.7 Å². The van der Waals surface area contributed by atoms with Crippen LogP contribution in [0.25, 0.3) is 0 Å². The lowest BCUT2D eigenvalue weighted by atomic mass is 10.0. The summed E-state index contributed by atoms with van der Waals surface area (Å²) in [4.78, 5) is 0. The minimum absolute atomic E-state index is 0.365. The Balaban J connectivity index is 2.78. The molecule has 0 fully saturated rings. The molecule has 0 saturated heterocycles. The lowest BCUT2D eigenvalue weighted by Gasteiger charge is -2.24. The van der Waals surface area contributed by atoms with Crippen molar-refractivity contribution in [2.45, 2.75) is 38.1 Å². The molecule has 6 heteroatoms. The molecule has 2 N–H and O–H groups in total. The third-order valence-electron chi connectivity index (χ3n) is 2.97. The highest BCUT2D eigenvalue weighted by Gasteiger charge is 2.28. The molecule has 0 radical (unpaired) electrons. The van der Waals surface area contributed by atoms with Crippen molar-refractivity contribution in [1.82, 2.24) is 0 Å². The maximum absolute atomic E-state index is 12.2. The van der Waals surface area contributed by atoms with Gasteiger partial charge in [-0.1, -0.05) is 19.1 Å². The van der Waals surface area contributed by atoms with E-state index in [2.05, 4.69) is 0 Å². The Morgan fingerprint density at radius 2 is 2.00 bits per heavy atom. The van der Waals surface area contributed by atoms with Crippen LogP contribution in [0.15, 0.2) is 24.3 Å². The van der Waals surface area contributed by atoms with Gasteiger partial charge in [-0.15, -0.1) is 0 Å². The lowest BCUT2D eigenvalue weighted by Crippen LogP contribution is -2.30. The van der Waals surface area contributed by atoms with Gasteiger partial charge < -0.3 is 15.2 Å². The molecule has 1 aromatic rings. The summed E-state index contributed by atoms with van der Waals surface area (Å²) in [6.07, 6.45) is -5.18. The van der Waals surface area contributed by atoms with Gasteiger partial charge in [-0.2, -0.15) is 13.2 Å². The Morgan fingerprint density at radius 1 is 1.30 bits per heavy atom. The summed E-state index contributed by atoms with van der Waals surface area (Å²) in [7, 11) is 1.53. The lowest BCUT2D eigenvalue weighted by molar-refractivity contribution is -0.150. The minimum Gasteiger partial charge on any atom is -0.497 e. The molecule has 114 valence electrons. The van der Waals surface area contributed by atoms with Gasteiger partial charge in [0.1, 0.15) is 5.75 Å². The number of alkyl halides is 3. The van der Waals surface area contributed by atoms with Crippen LogP contribution in [0.1, 0.15) is 31.4 Å². The Kier molecular flexibility index (Phi) is 6.29. The quantitative estimate of drug-likeness (QED) is 0.837. The van der Waals surface area contributed by atoms with Crippen LogP contribution < -0.4 is 10.5 Å². The Hall–Kier alpha value is -1.27. The molecule has 3 nitrogen and oxygen atoms in total. The number of halogens is 3. The fraction of sp³-hybridized carbons (Fsp3) is 0.571. The normalized spacial score (nSPS) is 14.9. The molecule has 2 atom stereocenters. The fourth-order valence-electron chi connectivity index (χ4n) is 1.80. The van der Waals surface area contributed by atoms with E-state index in [1.54, 1.807) is 24.3 Å². The summed E-state index contributed by atoms with van der Waals surface area (Å²) in [6.45, 7) is 1.46. The predicted octanol–water partition coefficient (Wildman–Crippen LogP) is 3.44. The average molecular weight is 291 g/mol. The topological polar surface area (TPSA) is 44.5 Å². The van der Waals surface area contributed by atoms with Crippen molar-refractivity contribution in [3.8, 4) is 5.75 Å². The van der Waals surface area contributed by atoms with Crippen molar-refractivity contribution in [3.63, 3.8) is 0 Å². The maximum Gasteiger partial charge on any atom is 0.391 e. The van der Waals surface area contributed by atoms with Gasteiger partial charge >= 0.3 is 6.18 Å². The summed E-state index contributed by atoms with van der Waals surface area (Å²) in [5.41, 5.74) is 6.67. The summed E-state index contributed by atoms with van der Waals surface area (Å²) >= 11 is 0. The van der Waals surface area contributed by atoms with Crippen LogP contribution in [0, 0.1) is 0 Å². The molecular formula is C14H20F3NO2. The minimum atomic E-state index is -4.23. The molecule has 0 aliphatic carbocycles. The van der Waals surface area contributed by atoms with Crippen molar-refractivity contribution < 1.29 is 22.6 Å². The van der Waals surface area contributed by atoms with Crippen LogP contribution in [0.3, 0.4) is 0 Å². The third-order valence-corrected chi connectivity index (χ3v) is 2.97. The molecule has 0 aliphatic heterocycles. The molecule has 0 spiro atoms. The van der Waals surface area contributed by atoms with Gasteiger partial charge in [-0.3, -0.25) is 0 Å². The Bertz CT molecular complexity index is 410. The molecule has 20 heavy (non-hydrogen) atoms. The first-order chi connectivity index (χ1) is 9.37. The summed E-state index contributed by atoms with van der Waals surface area (Å²) in [6, 6.07) is 6.66. The molecule has 1 rings (SSSR count). The van der Waals surface area contributed by atoms with Gasteiger partial charge in [-0.05, 0) is 24.1 Å². The second-order valence-electron chi connectivity index (χ2n) is 4.51. The highest BCUT2D eigenvalue weighted by atomic mass is 19.4. The van der Waals surface area contributed by atoms with Gasteiger partial charge in [0.15, 0.2) is 0 Å². The average Bonchev–Trinajstić information content (AvgIpc) is 2.41. The second-order valence-corrected chi connectivity index (χ2v) is 4.51. The number of rotatable bonds is 7. The van der Waals surface area contributed by atoms with Gasteiger partial charge in [0.05, 0.1) is 26.2 Å². The first kappa shape index (κ1) is 16.8. The smallest absolute Gasteiger partial charge is 0.391 e. The summed E-state index contributed by atoms with van der Waals surface area (Å²) in [5.74, 6) is 0.621. The zero-order valence-corrected chi connectivity index (χ0v) is 11.6. The van der Waals surface area contributed by atoms with Crippen molar-refractivity contribution >= 4 is 0 Å². The first-order valence-corrected chi connectivity index (χ1v) is 6.45. The van der Waals surface area contributed by atoms with Crippen LogP contribution >= 0.6 is 0 Å². The molecule has 1 aromatic carbocycles. The summed E-state index contributed by atoms with van der Waals surface area (Å²) in [5, 5.41) is 0. The second kappa shape index (κ2) is 7.50. The zero-order chi connectivity index (χ0) is 15.2. The van der Waals surface area contributed by atoms with Gasteiger partial charge in [0.2, 0.25) is 0 Å². The molecule has 0 amide bonds. The van der Waals surface area contributed by atoms with Gasteiger partial charge in [0.25, 0.3) is 0 Å². The van der Waals surface area contributed by atoms with Crippen LogP contribution in [0.5, 0.6) is 5.75 Å². The predicted molar refractivity (Wildman–Crippen MR) is 70.6 cm³/mol. The fourth-order valence-corrected chi connectivity index (χ4v) is 1.80. The molecule has 2 unspecified atom stereocenters. The molecule has 0 saturated carbocycles. The van der Waals surface area contributed by atoms with E-state index < -0.39 is 25.3 Å². The van der Waals surface area contributed by atoms with Crippen LogP contribution in [0.2, 0.25) is 0 Å². The van der Waals surface area contributed by atoms with Gasteiger partial charge in [-0.25, -0.2) is 0 Å². The van der Waals surface area contributed by atoms with Crippen LogP contribution in [0.4, 0.5) is 13.2 Å². The van der Waals surface area contributed by atoms with Crippen molar-refractivity contribution in [2.24, 2.45) is 5.73 Å². The molecule has 0 bridgehead atoms. The largest absolute Gasteiger partial charge is 0.497 e. The van der Waals surface area contributed by atoms with E-state index in [0.717, 1.165) is 5.56 Å². The van der Waals surface area contributed by atoms with E-state index in [9.17, 15) is 13.2 Å². The molecular weight excluding hydrogens is 271 g/mol. The van der Waals surface area contributed by atoms with E-state index in [1.165, 1.54) is 7.11 Å². The number of ether oxygens (including phenoxy) is 2. The zero-order valence-electron chi connectivity index (χ0n) is 11.6. The van der Waals surface area contributed by atoms with Crippen LogP contribution in [-0.2, 0) is 4.74 Å². The summed E-state index contributed by atoms with van der Waals surface area (Å²) < 4.78 is 47.0. The van der Waals surface area contributed by atoms with E-state index >= 15 is 0 Å². The third kappa shape index (κ3) is 5.38. The highest BCUT2D eigenvalue weighted by Crippen LogP contribution is 2.27. The van der Waals surface area contributed by atoms with Crippen molar-refractivity contribution in [3.05, 3.63) is 29.8 Å². The molecule has 0 heterocycles. The first-order valence-electron chi connectivity index (χ1n) is 6.45. The van der Waals surface area contributed by atoms with E-state index in [-0.39, 0.29) is 6.04 Å². The number of hydrogen-bond acceptors (Lipinski definition) is 3. The number of methoxy groups -OCH3 is 1. The van der Waals surface area contributed by atoms with E-state index in [0.29, 0.717) is 12.2 Å². The SMILES string of the molecule is CCC(N)C(OCCC(F)(F)F)c1cccc(OC)c1. The van der Waals surface area contributed by atoms with Crippen LogP contribution in [-0.4, -0.2) is 25.9 Å². The number of nitrogens with two attached hydrogens (primary N) is 1. The monoisotopic (exact) mass is 291 g/mol. The van der Waals surface area contributed by atoms with Gasteiger partial charge in [0, 0.05) is 6.04 Å². The standard InChI is InChI=1S/C14H20F3NO2/c1-3-12(18)13(20-8-7-14(15,16)17)10-5-4-6-11(9-10)19-2/h4-6,9,12-13H,3,7-8,18H2,1-2H3. The highest BCUT2D eigenvalue weighted by molar-refractivity contribution is 5.30. The van der Waals surface area contributed by atoms with Crippen molar-refractivity contribution in [1.29, 1.82) is 0 Å². The number of benzene rings is 1. The van der Waals surface area contributed by atoms with E-state index in [4.69, 9.17) is 15.2 Å².